The number of rotatable bonds is 3. The lowest BCUT2D eigenvalue weighted by Gasteiger charge is -2.21. The number of aromatic nitrogens is 2. The Hall–Kier alpha value is -2.40. The quantitative estimate of drug-likeness (QED) is 0.767. The Morgan fingerprint density at radius 3 is 2.91 bits per heavy atom. The van der Waals surface area contributed by atoms with E-state index in [1.807, 2.05) is 30.3 Å². The Kier molecular flexibility index (Phi) is 3.27. The van der Waals surface area contributed by atoms with Crippen LogP contribution in [0.15, 0.2) is 53.6 Å². The summed E-state index contributed by atoms with van der Waals surface area (Å²) < 4.78 is 0. The number of allylic oxidation sites excluding steroid dienone is 2. The van der Waals surface area contributed by atoms with Crippen molar-refractivity contribution in [3.8, 4) is 0 Å². The van der Waals surface area contributed by atoms with Crippen LogP contribution in [0.3, 0.4) is 0 Å². The van der Waals surface area contributed by atoms with Crippen molar-refractivity contribution in [3.63, 3.8) is 0 Å². The summed E-state index contributed by atoms with van der Waals surface area (Å²) in [5.74, 6) is 1.12. The maximum Gasteiger partial charge on any atom is 0.205 e. The molecule has 0 spiro atoms. The number of carbonyl (C=O) groups is 1. The third kappa shape index (κ3) is 2.55. The van der Waals surface area contributed by atoms with E-state index in [-0.39, 0.29) is 11.7 Å². The number of nitrogens with one attached hydrogen (secondary N) is 2. The number of H-pyrrole nitrogens is 1. The molecule has 1 atom stereocenters. The van der Waals surface area contributed by atoms with Gasteiger partial charge in [0.05, 0.1) is 11.0 Å². The number of aromatic amines is 1. The van der Waals surface area contributed by atoms with E-state index < -0.39 is 0 Å². The molecule has 4 nitrogen and oxygen atoms in total. The molecule has 0 bridgehead atoms. The summed E-state index contributed by atoms with van der Waals surface area (Å²) in [6.45, 7) is 0. The SMILES string of the molecule is O=C1C=C(Nc2nc3ccccc3[nH]2)C[C@@H](c2cccs2)C1. The number of ketones is 1. The minimum atomic E-state index is 0.170. The fraction of sp³-hybridized carbons (Fsp3) is 0.176. The van der Waals surface area contributed by atoms with Crippen LogP contribution in [0, 0.1) is 0 Å². The van der Waals surface area contributed by atoms with Crippen molar-refractivity contribution in [1.82, 2.24) is 9.97 Å². The Balaban J connectivity index is 1.57. The largest absolute Gasteiger partial charge is 0.329 e. The van der Waals surface area contributed by atoms with Crippen molar-refractivity contribution < 1.29 is 4.79 Å². The minimum Gasteiger partial charge on any atom is -0.329 e. The van der Waals surface area contributed by atoms with Gasteiger partial charge in [-0.05, 0) is 30.0 Å². The lowest BCUT2D eigenvalue weighted by Crippen LogP contribution is -2.16. The second-order valence-corrected chi connectivity index (χ2v) is 6.46. The predicted molar refractivity (Wildman–Crippen MR) is 89.1 cm³/mol. The first-order valence-corrected chi connectivity index (χ1v) is 8.14. The molecule has 110 valence electrons. The third-order valence-electron chi connectivity index (χ3n) is 3.86. The zero-order valence-corrected chi connectivity index (χ0v) is 12.7. The molecule has 0 saturated heterocycles. The molecule has 0 saturated carbocycles. The smallest absolute Gasteiger partial charge is 0.205 e. The Morgan fingerprint density at radius 2 is 2.09 bits per heavy atom. The highest BCUT2D eigenvalue weighted by molar-refractivity contribution is 7.10. The van der Waals surface area contributed by atoms with Crippen molar-refractivity contribution in [1.29, 1.82) is 0 Å². The van der Waals surface area contributed by atoms with Crippen LogP contribution in [-0.2, 0) is 4.79 Å². The summed E-state index contributed by atoms with van der Waals surface area (Å²) in [5.41, 5.74) is 2.83. The average molecular weight is 309 g/mol. The number of hydrogen-bond donors (Lipinski definition) is 2. The van der Waals surface area contributed by atoms with E-state index in [9.17, 15) is 4.79 Å². The highest BCUT2D eigenvalue weighted by Crippen LogP contribution is 2.34. The summed E-state index contributed by atoms with van der Waals surface area (Å²) in [7, 11) is 0. The standard InChI is InChI=1S/C17H15N3OS/c21-13-9-11(16-6-3-7-22-16)8-12(10-13)18-17-19-14-4-1-2-5-15(14)20-17/h1-7,10-11H,8-9H2,(H2,18,19,20)/t11-/m1/s1. The van der Waals surface area contributed by atoms with Crippen LogP contribution in [-0.4, -0.2) is 15.8 Å². The fourth-order valence-electron chi connectivity index (χ4n) is 2.87. The zero-order valence-electron chi connectivity index (χ0n) is 11.9. The summed E-state index contributed by atoms with van der Waals surface area (Å²) >= 11 is 1.71. The number of fused-ring (bicyclic) bond motifs is 1. The molecule has 2 heterocycles. The van der Waals surface area contributed by atoms with Gasteiger partial charge >= 0.3 is 0 Å². The van der Waals surface area contributed by atoms with Crippen LogP contribution in [0.1, 0.15) is 23.6 Å². The minimum absolute atomic E-state index is 0.170. The number of hydrogen-bond acceptors (Lipinski definition) is 4. The van der Waals surface area contributed by atoms with Crippen molar-refractivity contribution in [2.24, 2.45) is 0 Å². The Labute approximate surface area is 131 Å². The first kappa shape index (κ1) is 13.3. The van der Waals surface area contributed by atoms with Gasteiger partial charge in [0.15, 0.2) is 5.78 Å². The van der Waals surface area contributed by atoms with Gasteiger partial charge in [-0.1, -0.05) is 18.2 Å². The first-order chi connectivity index (χ1) is 10.8. The predicted octanol–water partition coefficient (Wildman–Crippen LogP) is 4.07. The Bertz CT molecular complexity index is 815. The van der Waals surface area contributed by atoms with Gasteiger partial charge in [-0.3, -0.25) is 4.79 Å². The van der Waals surface area contributed by atoms with Crippen molar-refractivity contribution in [2.75, 3.05) is 5.32 Å². The molecule has 22 heavy (non-hydrogen) atoms. The molecule has 0 fully saturated rings. The molecule has 0 unspecified atom stereocenters. The third-order valence-corrected chi connectivity index (χ3v) is 4.90. The summed E-state index contributed by atoms with van der Waals surface area (Å²) in [4.78, 5) is 21.0. The molecule has 2 N–H and O–H groups in total. The topological polar surface area (TPSA) is 57.8 Å². The van der Waals surface area contributed by atoms with Gasteiger partial charge in [-0.15, -0.1) is 11.3 Å². The number of para-hydroxylation sites is 2. The molecule has 1 aromatic carbocycles. The molecule has 0 radical (unpaired) electrons. The second kappa shape index (κ2) is 5.42. The summed E-state index contributed by atoms with van der Waals surface area (Å²) in [6, 6.07) is 12.0. The van der Waals surface area contributed by atoms with Crippen LogP contribution in [0.4, 0.5) is 5.95 Å². The summed E-state index contributed by atoms with van der Waals surface area (Å²) in [5, 5.41) is 5.33. The lowest BCUT2D eigenvalue weighted by molar-refractivity contribution is -0.115. The number of benzene rings is 1. The van der Waals surface area contributed by atoms with E-state index in [0.717, 1.165) is 23.2 Å². The van der Waals surface area contributed by atoms with E-state index in [1.165, 1.54) is 4.88 Å². The Morgan fingerprint density at radius 1 is 1.18 bits per heavy atom. The number of carbonyl (C=O) groups excluding carboxylic acids is 1. The van der Waals surface area contributed by atoms with Gasteiger partial charge in [-0.2, -0.15) is 0 Å². The number of thiophene rings is 1. The van der Waals surface area contributed by atoms with E-state index in [4.69, 9.17) is 0 Å². The highest BCUT2D eigenvalue weighted by atomic mass is 32.1. The van der Waals surface area contributed by atoms with Crippen molar-refractivity contribution in [3.05, 3.63) is 58.4 Å². The van der Waals surface area contributed by atoms with E-state index >= 15 is 0 Å². The van der Waals surface area contributed by atoms with Crippen LogP contribution in [0.2, 0.25) is 0 Å². The maximum absolute atomic E-state index is 12.0. The lowest BCUT2D eigenvalue weighted by atomic mass is 9.90. The first-order valence-electron chi connectivity index (χ1n) is 7.26. The van der Waals surface area contributed by atoms with Crippen LogP contribution in [0.25, 0.3) is 11.0 Å². The van der Waals surface area contributed by atoms with E-state index in [0.29, 0.717) is 12.4 Å². The van der Waals surface area contributed by atoms with Gasteiger partial charge in [0, 0.05) is 29.0 Å². The molecule has 3 aromatic rings. The molecule has 4 rings (SSSR count). The molecular weight excluding hydrogens is 294 g/mol. The molecule has 0 aliphatic heterocycles. The van der Waals surface area contributed by atoms with Gasteiger partial charge < -0.3 is 10.3 Å². The van der Waals surface area contributed by atoms with E-state index in [1.54, 1.807) is 17.4 Å². The molecule has 1 aliphatic carbocycles. The van der Waals surface area contributed by atoms with E-state index in [2.05, 4.69) is 26.7 Å². The second-order valence-electron chi connectivity index (χ2n) is 5.48. The van der Waals surface area contributed by atoms with Crippen LogP contribution in [0.5, 0.6) is 0 Å². The molecule has 0 amide bonds. The highest BCUT2D eigenvalue weighted by Gasteiger charge is 2.23. The maximum atomic E-state index is 12.0. The number of anilines is 1. The van der Waals surface area contributed by atoms with Gasteiger partial charge in [0.25, 0.3) is 0 Å². The van der Waals surface area contributed by atoms with Crippen LogP contribution >= 0.6 is 11.3 Å². The zero-order chi connectivity index (χ0) is 14.9. The number of nitrogens with zero attached hydrogens (tertiary/aromatic N) is 1. The normalized spacial score (nSPS) is 18.5. The average Bonchev–Trinajstić information content (AvgIpc) is 3.15. The molecule has 1 aliphatic rings. The van der Waals surface area contributed by atoms with Crippen molar-refractivity contribution >= 4 is 34.1 Å². The van der Waals surface area contributed by atoms with Crippen molar-refractivity contribution in [2.45, 2.75) is 18.8 Å². The number of imidazole rings is 1. The van der Waals surface area contributed by atoms with Crippen LogP contribution < -0.4 is 5.32 Å². The van der Waals surface area contributed by atoms with Gasteiger partial charge in [0.1, 0.15) is 0 Å². The fourth-order valence-corrected chi connectivity index (χ4v) is 3.70. The molecule has 5 heteroatoms. The van der Waals surface area contributed by atoms with Gasteiger partial charge in [0.2, 0.25) is 5.95 Å². The molecule has 2 aromatic heterocycles. The van der Waals surface area contributed by atoms with Gasteiger partial charge in [-0.25, -0.2) is 4.98 Å². The monoisotopic (exact) mass is 309 g/mol. The summed E-state index contributed by atoms with van der Waals surface area (Å²) in [6.07, 6.45) is 3.13. The molecular formula is C17H15N3OS.